The zero-order valence-electron chi connectivity index (χ0n) is 9.56. The zero-order chi connectivity index (χ0) is 12.2. The van der Waals surface area contributed by atoms with Crippen LogP contribution >= 0.6 is 11.3 Å². The number of sulfonamides is 1. The number of thiophene rings is 1. The molecule has 6 heteroatoms. The van der Waals surface area contributed by atoms with Crippen molar-refractivity contribution in [3.8, 4) is 0 Å². The molecular weight excluding hydrogens is 244 g/mol. The molecule has 16 heavy (non-hydrogen) atoms. The molecule has 0 spiro atoms. The van der Waals surface area contributed by atoms with Gasteiger partial charge in [0.25, 0.3) is 0 Å². The second-order valence-corrected chi connectivity index (χ2v) is 6.80. The first kappa shape index (κ1) is 13.6. The van der Waals surface area contributed by atoms with E-state index in [4.69, 9.17) is 5.73 Å². The van der Waals surface area contributed by atoms with E-state index in [1.807, 2.05) is 0 Å². The smallest absolute Gasteiger partial charge is 0.241 e. The molecule has 0 saturated carbocycles. The lowest BCUT2D eigenvalue weighted by Gasteiger charge is -2.06. The minimum atomic E-state index is -3.34. The number of nitrogens with two attached hydrogens (primary N) is 1. The molecule has 0 amide bonds. The Balaban J connectivity index is 2.63. The van der Waals surface area contributed by atoms with Gasteiger partial charge in [0.1, 0.15) is 0 Å². The van der Waals surface area contributed by atoms with Gasteiger partial charge in [-0.2, -0.15) is 0 Å². The summed E-state index contributed by atoms with van der Waals surface area (Å²) in [7, 11) is -3.34. The number of hydrogen-bond acceptors (Lipinski definition) is 4. The highest BCUT2D eigenvalue weighted by atomic mass is 32.2. The van der Waals surface area contributed by atoms with Crippen LogP contribution in [0.1, 0.15) is 25.1 Å². The number of hydrogen-bond donors (Lipinski definition) is 2. The summed E-state index contributed by atoms with van der Waals surface area (Å²) in [6.45, 7) is 4.98. The second kappa shape index (κ2) is 5.77. The molecule has 0 fully saturated rings. The molecule has 1 aromatic heterocycles. The van der Waals surface area contributed by atoms with Crippen molar-refractivity contribution in [2.45, 2.75) is 31.7 Å². The number of nitrogens with one attached hydrogen (secondary N) is 1. The zero-order valence-corrected chi connectivity index (χ0v) is 11.2. The fourth-order valence-electron chi connectivity index (χ4n) is 1.17. The van der Waals surface area contributed by atoms with E-state index in [2.05, 4.69) is 18.6 Å². The van der Waals surface area contributed by atoms with E-state index in [9.17, 15) is 8.42 Å². The van der Waals surface area contributed by atoms with E-state index in [-0.39, 0.29) is 0 Å². The van der Waals surface area contributed by atoms with Crippen LogP contribution in [0.25, 0.3) is 0 Å². The summed E-state index contributed by atoms with van der Waals surface area (Å²) in [5.41, 5.74) is 5.44. The summed E-state index contributed by atoms with van der Waals surface area (Å²) in [4.78, 5) is 1.20. The summed E-state index contributed by atoms with van der Waals surface area (Å²) < 4.78 is 26.2. The predicted molar refractivity (Wildman–Crippen MR) is 66.9 cm³/mol. The largest absolute Gasteiger partial charge is 0.326 e. The molecule has 0 aliphatic rings. The van der Waals surface area contributed by atoms with Crippen LogP contribution in [-0.2, 0) is 16.6 Å². The molecule has 0 bridgehead atoms. The fraction of sp³-hybridized carbons (Fsp3) is 0.600. The summed E-state index contributed by atoms with van der Waals surface area (Å²) in [5, 5.41) is 1.62. The lowest BCUT2D eigenvalue weighted by Crippen LogP contribution is -2.25. The van der Waals surface area contributed by atoms with E-state index in [1.165, 1.54) is 11.3 Å². The van der Waals surface area contributed by atoms with Gasteiger partial charge < -0.3 is 5.73 Å². The molecule has 1 rings (SSSR count). The van der Waals surface area contributed by atoms with Crippen molar-refractivity contribution in [1.82, 2.24) is 4.72 Å². The van der Waals surface area contributed by atoms with Crippen molar-refractivity contribution >= 4 is 21.4 Å². The van der Waals surface area contributed by atoms with E-state index < -0.39 is 10.0 Å². The van der Waals surface area contributed by atoms with Crippen molar-refractivity contribution in [2.75, 3.05) is 6.54 Å². The Morgan fingerprint density at radius 2 is 2.19 bits per heavy atom. The number of rotatable bonds is 6. The fourth-order valence-corrected chi connectivity index (χ4v) is 3.38. The monoisotopic (exact) mass is 262 g/mol. The van der Waals surface area contributed by atoms with Gasteiger partial charge in [0.2, 0.25) is 10.0 Å². The molecule has 92 valence electrons. The highest BCUT2D eigenvalue weighted by Gasteiger charge is 2.15. The van der Waals surface area contributed by atoms with Crippen LogP contribution in [0.2, 0.25) is 0 Å². The molecule has 3 N–H and O–H groups in total. The van der Waals surface area contributed by atoms with Gasteiger partial charge in [0.15, 0.2) is 0 Å². The maximum absolute atomic E-state index is 11.8. The summed E-state index contributed by atoms with van der Waals surface area (Å²) in [5.74, 6) is 0.491. The van der Waals surface area contributed by atoms with Gasteiger partial charge >= 0.3 is 0 Å². The predicted octanol–water partition coefficient (Wildman–Crippen LogP) is 1.53. The van der Waals surface area contributed by atoms with Gasteiger partial charge in [-0.05, 0) is 18.4 Å². The third kappa shape index (κ3) is 3.86. The maximum atomic E-state index is 11.8. The van der Waals surface area contributed by atoms with Crippen LogP contribution in [0.15, 0.2) is 16.3 Å². The summed E-state index contributed by atoms with van der Waals surface area (Å²) >= 11 is 1.37. The van der Waals surface area contributed by atoms with Gasteiger partial charge in [0, 0.05) is 23.3 Å². The first-order valence-electron chi connectivity index (χ1n) is 5.23. The minimum Gasteiger partial charge on any atom is -0.326 e. The molecule has 4 nitrogen and oxygen atoms in total. The molecule has 0 aromatic carbocycles. The highest BCUT2D eigenvalue weighted by molar-refractivity contribution is 7.89. The molecule has 1 aromatic rings. The van der Waals surface area contributed by atoms with E-state index in [0.717, 1.165) is 11.3 Å². The van der Waals surface area contributed by atoms with Crippen molar-refractivity contribution < 1.29 is 8.42 Å². The Labute approximate surface area is 101 Å². The van der Waals surface area contributed by atoms with Gasteiger partial charge in [-0.3, -0.25) is 0 Å². The summed E-state index contributed by atoms with van der Waals surface area (Å²) in [6.07, 6.45) is 0.840. The maximum Gasteiger partial charge on any atom is 0.241 e. The molecule has 0 atom stereocenters. The standard InChI is InChI=1S/C10H18N2O2S2/c1-8(2)3-4-12-16(13,14)10-5-9(6-11)15-7-10/h5,7-8,12H,3-4,6,11H2,1-2H3. The SMILES string of the molecule is CC(C)CCNS(=O)(=O)c1csc(CN)c1. The highest BCUT2D eigenvalue weighted by Crippen LogP contribution is 2.18. The summed E-state index contributed by atoms with van der Waals surface area (Å²) in [6, 6.07) is 1.63. The first-order valence-corrected chi connectivity index (χ1v) is 7.59. The van der Waals surface area contributed by atoms with Crippen molar-refractivity contribution in [3.63, 3.8) is 0 Å². The normalized spacial score (nSPS) is 12.2. The van der Waals surface area contributed by atoms with Crippen molar-refractivity contribution in [1.29, 1.82) is 0 Å². The van der Waals surface area contributed by atoms with E-state index in [0.29, 0.717) is 23.9 Å². The third-order valence-corrected chi connectivity index (χ3v) is 4.70. The Morgan fingerprint density at radius 1 is 1.50 bits per heavy atom. The van der Waals surface area contributed by atoms with Crippen LogP contribution in [0.5, 0.6) is 0 Å². The van der Waals surface area contributed by atoms with Crippen molar-refractivity contribution in [2.24, 2.45) is 11.7 Å². The Hall–Kier alpha value is -0.430. The molecule has 0 saturated heterocycles. The van der Waals surface area contributed by atoms with Crippen LogP contribution in [-0.4, -0.2) is 15.0 Å². The van der Waals surface area contributed by atoms with Crippen molar-refractivity contribution in [3.05, 3.63) is 16.3 Å². The van der Waals surface area contributed by atoms with Crippen LogP contribution in [0.3, 0.4) is 0 Å². The Bertz CT molecular complexity index is 424. The van der Waals surface area contributed by atoms with Gasteiger partial charge in [-0.1, -0.05) is 13.8 Å². The van der Waals surface area contributed by atoms with Crippen LogP contribution in [0.4, 0.5) is 0 Å². The van der Waals surface area contributed by atoms with Crippen LogP contribution < -0.4 is 10.5 Å². The molecule has 1 heterocycles. The lowest BCUT2D eigenvalue weighted by atomic mass is 10.1. The first-order chi connectivity index (χ1) is 7.45. The molecule has 0 aliphatic heterocycles. The van der Waals surface area contributed by atoms with Crippen LogP contribution in [0, 0.1) is 5.92 Å². The Kier molecular flexibility index (Phi) is 4.91. The second-order valence-electron chi connectivity index (χ2n) is 4.03. The molecule has 0 unspecified atom stereocenters. The van der Waals surface area contributed by atoms with Gasteiger partial charge in [-0.25, -0.2) is 13.1 Å². The van der Waals surface area contributed by atoms with E-state index >= 15 is 0 Å². The van der Waals surface area contributed by atoms with E-state index in [1.54, 1.807) is 11.4 Å². The average molecular weight is 262 g/mol. The topological polar surface area (TPSA) is 72.2 Å². The van der Waals surface area contributed by atoms with Gasteiger partial charge in [-0.15, -0.1) is 11.3 Å². The third-order valence-electron chi connectivity index (χ3n) is 2.15. The minimum absolute atomic E-state index is 0.321. The lowest BCUT2D eigenvalue weighted by molar-refractivity contribution is 0.552. The van der Waals surface area contributed by atoms with Gasteiger partial charge in [0.05, 0.1) is 4.90 Å². The quantitative estimate of drug-likeness (QED) is 0.816. The Morgan fingerprint density at radius 3 is 2.69 bits per heavy atom. The molecular formula is C10H18N2O2S2. The average Bonchev–Trinajstić information content (AvgIpc) is 2.65. The molecule has 0 radical (unpaired) electrons. The molecule has 0 aliphatic carbocycles.